The van der Waals surface area contributed by atoms with Gasteiger partial charge in [0, 0.05) is 33.4 Å². The lowest BCUT2D eigenvalue weighted by atomic mass is 10.0. The number of benzene rings is 1. The smallest absolute Gasteiger partial charge is 0.407 e. The van der Waals surface area contributed by atoms with Gasteiger partial charge in [-0.05, 0) is 55.2 Å². The number of methoxy groups -OCH3 is 2. The predicted octanol–water partition coefficient (Wildman–Crippen LogP) is 5.99. The van der Waals surface area contributed by atoms with Crippen LogP contribution < -0.4 is 10.6 Å². The van der Waals surface area contributed by atoms with Crippen molar-refractivity contribution in [3.63, 3.8) is 0 Å². The standard InChI is InChI=1S/C38H48N8O6S2/c1-19(2)31(43-37(49)51-5)35(47)45-13-7-9-25(45)33-39-18-24(42-33)28-17-30-29(54-28)16-27(53-30)21-11-12-22-23(15-21)41-34(40-22)26-10-8-14-46(26)36(48)32(20(3)4)44-38(50)52-6/h11-12,15-20,25-26,29-32H,7-10,13-14H2,1-6H3,(H,39,42)(H,40,41)(H,43,49)(H,44,50)/t25-,26-,29?,30?,31-,32-/m0/s1. The van der Waals surface area contributed by atoms with Crippen molar-refractivity contribution >= 4 is 68.4 Å². The Kier molecular flexibility index (Phi) is 11.0. The minimum absolute atomic E-state index is 0.0965. The zero-order valence-electron chi connectivity index (χ0n) is 31.4. The summed E-state index contributed by atoms with van der Waals surface area (Å²) in [5, 5.41) is 5.96. The Bertz CT molecular complexity index is 1990. The SMILES string of the molecule is COC(=O)N[C@H](C(=O)N1CCC[C@H]1c1ncc(C2=CC3SC(c4ccc5nc([C@@H]6CCCN6C(=O)[C@@H](NC(=O)OC)C(C)C)[nH]c5c4)=CC3S2)[nH]1)C(C)C. The number of carbonyl (C=O) groups excluding carboxylic acids is 4. The number of hydrogen-bond donors (Lipinski definition) is 4. The highest BCUT2D eigenvalue weighted by atomic mass is 32.2. The highest BCUT2D eigenvalue weighted by Crippen LogP contribution is 2.53. The molecule has 3 aromatic rings. The molecule has 2 saturated heterocycles. The molecule has 7 rings (SSSR count). The monoisotopic (exact) mass is 776 g/mol. The fourth-order valence-corrected chi connectivity index (χ4v) is 10.6. The number of aromatic amines is 2. The molecule has 6 atom stereocenters. The first kappa shape index (κ1) is 37.9. The molecule has 0 radical (unpaired) electrons. The summed E-state index contributed by atoms with van der Waals surface area (Å²) < 4.78 is 9.54. The Morgan fingerprint density at radius 3 is 1.93 bits per heavy atom. The van der Waals surface area contributed by atoms with Crippen LogP contribution in [0.3, 0.4) is 0 Å². The first-order valence-electron chi connectivity index (χ1n) is 18.6. The third kappa shape index (κ3) is 7.46. The highest BCUT2D eigenvalue weighted by Gasteiger charge is 2.40. The molecule has 0 aliphatic carbocycles. The van der Waals surface area contributed by atoms with Gasteiger partial charge in [-0.25, -0.2) is 19.6 Å². The van der Waals surface area contributed by atoms with Gasteiger partial charge in [0.25, 0.3) is 0 Å². The summed E-state index contributed by atoms with van der Waals surface area (Å²) in [6.07, 6.45) is 8.56. The van der Waals surface area contributed by atoms with Gasteiger partial charge in [-0.3, -0.25) is 9.59 Å². The van der Waals surface area contributed by atoms with Gasteiger partial charge in [0.1, 0.15) is 23.7 Å². The quantitative estimate of drug-likeness (QED) is 0.192. The lowest BCUT2D eigenvalue weighted by Gasteiger charge is -2.30. The molecule has 0 spiro atoms. The normalized spacial score (nSPS) is 23.4. The molecule has 4 N–H and O–H groups in total. The third-order valence-corrected chi connectivity index (χ3v) is 13.4. The van der Waals surface area contributed by atoms with E-state index in [9.17, 15) is 19.2 Å². The number of rotatable bonds is 10. The van der Waals surface area contributed by atoms with Crippen LogP contribution in [0.4, 0.5) is 9.59 Å². The number of nitrogens with zero attached hydrogens (tertiary/aromatic N) is 4. The van der Waals surface area contributed by atoms with E-state index in [0.717, 1.165) is 64.5 Å². The molecular formula is C38H48N8O6S2. The van der Waals surface area contributed by atoms with Crippen molar-refractivity contribution in [2.75, 3.05) is 27.3 Å². The number of imidazole rings is 2. The zero-order chi connectivity index (χ0) is 38.3. The number of hydrogen-bond acceptors (Lipinski definition) is 10. The second kappa shape index (κ2) is 15.7. The average molecular weight is 777 g/mol. The Morgan fingerprint density at radius 2 is 1.35 bits per heavy atom. The molecule has 288 valence electrons. The molecule has 6 heterocycles. The largest absolute Gasteiger partial charge is 0.453 e. The first-order valence-corrected chi connectivity index (χ1v) is 20.3. The topological polar surface area (TPSA) is 175 Å². The van der Waals surface area contributed by atoms with E-state index in [1.54, 1.807) is 0 Å². The Morgan fingerprint density at radius 1 is 0.796 bits per heavy atom. The van der Waals surface area contributed by atoms with Gasteiger partial charge >= 0.3 is 12.2 Å². The summed E-state index contributed by atoms with van der Waals surface area (Å²) in [5.74, 6) is 1.06. The fourth-order valence-electron chi connectivity index (χ4n) is 7.74. The van der Waals surface area contributed by atoms with Gasteiger partial charge in [-0.2, -0.15) is 0 Å². The van der Waals surface area contributed by atoms with Crippen LogP contribution in [-0.2, 0) is 19.1 Å². The van der Waals surface area contributed by atoms with Gasteiger partial charge in [-0.1, -0.05) is 45.9 Å². The van der Waals surface area contributed by atoms with Crippen LogP contribution in [-0.4, -0.2) is 104 Å². The number of nitrogens with one attached hydrogen (secondary N) is 4. The van der Waals surface area contributed by atoms with Crippen molar-refractivity contribution in [2.45, 2.75) is 88.0 Å². The molecule has 2 unspecified atom stereocenters. The summed E-state index contributed by atoms with van der Waals surface area (Å²) in [7, 11) is 2.59. The summed E-state index contributed by atoms with van der Waals surface area (Å²) >= 11 is 3.65. The zero-order valence-corrected chi connectivity index (χ0v) is 33.0. The molecule has 2 aromatic heterocycles. The number of thioether (sulfide) groups is 2. The van der Waals surface area contributed by atoms with E-state index in [0.29, 0.717) is 13.1 Å². The molecule has 0 bridgehead atoms. The molecule has 2 fully saturated rings. The van der Waals surface area contributed by atoms with Gasteiger partial charge in [-0.15, -0.1) is 23.5 Å². The highest BCUT2D eigenvalue weighted by molar-refractivity contribution is 8.14. The number of alkyl carbamates (subject to hydrolysis) is 2. The molecule has 0 saturated carbocycles. The minimum atomic E-state index is -0.684. The van der Waals surface area contributed by atoms with E-state index in [1.807, 2.05) is 73.3 Å². The van der Waals surface area contributed by atoms with E-state index >= 15 is 0 Å². The lowest BCUT2D eigenvalue weighted by molar-refractivity contribution is -0.136. The Hall–Kier alpha value is -4.44. The van der Waals surface area contributed by atoms with E-state index in [-0.39, 0.29) is 46.2 Å². The molecule has 14 nitrogen and oxygen atoms in total. The van der Waals surface area contributed by atoms with E-state index < -0.39 is 24.3 Å². The van der Waals surface area contributed by atoms with Crippen LogP contribution >= 0.6 is 23.5 Å². The molecular weight excluding hydrogens is 729 g/mol. The summed E-state index contributed by atoms with van der Waals surface area (Å²) in [5.41, 5.74) is 3.82. The maximum atomic E-state index is 13.6. The molecule has 4 aliphatic heterocycles. The number of likely N-dealkylation sites (tertiary alicyclic amines) is 2. The van der Waals surface area contributed by atoms with Crippen molar-refractivity contribution in [1.29, 1.82) is 0 Å². The molecule has 54 heavy (non-hydrogen) atoms. The molecule has 4 amide bonds. The number of carbonyl (C=O) groups is 4. The predicted molar refractivity (Wildman–Crippen MR) is 209 cm³/mol. The maximum absolute atomic E-state index is 13.6. The van der Waals surface area contributed by atoms with Gasteiger partial charge in [0.05, 0.1) is 49.2 Å². The number of fused-ring (bicyclic) bond motifs is 2. The molecule has 4 aliphatic rings. The number of aromatic nitrogens is 4. The van der Waals surface area contributed by atoms with Crippen molar-refractivity contribution in [1.82, 2.24) is 40.4 Å². The van der Waals surface area contributed by atoms with Gasteiger partial charge < -0.3 is 39.9 Å². The van der Waals surface area contributed by atoms with Crippen LogP contribution in [0.15, 0.2) is 36.5 Å². The molecule has 1 aromatic carbocycles. The van der Waals surface area contributed by atoms with Crippen molar-refractivity contribution in [2.24, 2.45) is 11.8 Å². The van der Waals surface area contributed by atoms with Crippen LogP contribution in [0.25, 0.3) is 20.8 Å². The van der Waals surface area contributed by atoms with Gasteiger partial charge in [0.15, 0.2) is 0 Å². The number of H-pyrrole nitrogens is 2. The van der Waals surface area contributed by atoms with E-state index in [1.165, 1.54) is 19.1 Å². The number of ether oxygens (including phenoxy) is 2. The summed E-state index contributed by atoms with van der Waals surface area (Å²) in [6.45, 7) is 8.85. The minimum Gasteiger partial charge on any atom is -0.453 e. The maximum Gasteiger partial charge on any atom is 0.407 e. The van der Waals surface area contributed by atoms with Crippen molar-refractivity contribution in [3.8, 4) is 0 Å². The van der Waals surface area contributed by atoms with E-state index in [2.05, 4.69) is 44.9 Å². The van der Waals surface area contributed by atoms with Crippen molar-refractivity contribution in [3.05, 3.63) is 59.5 Å². The second-order valence-electron chi connectivity index (χ2n) is 14.9. The van der Waals surface area contributed by atoms with Crippen molar-refractivity contribution < 1.29 is 28.7 Å². The third-order valence-electron chi connectivity index (χ3n) is 10.6. The van der Waals surface area contributed by atoms with Crippen LogP contribution in [0.1, 0.15) is 88.4 Å². The lowest BCUT2D eigenvalue weighted by Crippen LogP contribution is -2.51. The van der Waals surface area contributed by atoms with Crippen LogP contribution in [0.5, 0.6) is 0 Å². The Balaban J connectivity index is 1.01. The number of amides is 4. The van der Waals surface area contributed by atoms with Gasteiger partial charge in [0.2, 0.25) is 11.8 Å². The van der Waals surface area contributed by atoms with E-state index in [4.69, 9.17) is 19.4 Å². The summed E-state index contributed by atoms with van der Waals surface area (Å²) in [6, 6.07) is 4.53. The average Bonchev–Trinajstić information content (AvgIpc) is 3.99. The first-order chi connectivity index (χ1) is 25.9. The Labute approximate surface area is 323 Å². The fraction of sp³-hybridized carbons (Fsp3) is 0.526. The summed E-state index contributed by atoms with van der Waals surface area (Å²) in [4.78, 5) is 73.8. The molecule has 16 heteroatoms. The second-order valence-corrected chi connectivity index (χ2v) is 17.3. The van der Waals surface area contributed by atoms with Crippen LogP contribution in [0, 0.1) is 11.8 Å². The van der Waals surface area contributed by atoms with Crippen LogP contribution in [0.2, 0.25) is 0 Å².